The summed E-state index contributed by atoms with van der Waals surface area (Å²) < 4.78 is 43.7. The minimum Gasteiger partial charge on any atom is -0.386 e. The monoisotopic (exact) mass is 214 g/mol. The van der Waals surface area contributed by atoms with Crippen molar-refractivity contribution >= 4 is 5.84 Å². The first kappa shape index (κ1) is 13.2. The van der Waals surface area contributed by atoms with Gasteiger partial charge in [-0.05, 0) is 0 Å². The molecule has 0 heterocycles. The fourth-order valence-electron chi connectivity index (χ4n) is 0.598. The molecule has 0 aliphatic carbocycles. The summed E-state index contributed by atoms with van der Waals surface area (Å²) in [6, 6.07) is 0. The van der Waals surface area contributed by atoms with E-state index >= 15 is 0 Å². The molecule has 0 bridgehead atoms. The summed E-state index contributed by atoms with van der Waals surface area (Å²) in [7, 11) is 1.49. The van der Waals surface area contributed by atoms with Crippen LogP contribution in [0.15, 0.2) is 4.99 Å². The highest BCUT2D eigenvalue weighted by atomic mass is 19.4. The Morgan fingerprint density at radius 2 is 2.07 bits per heavy atom. The number of hydrogen-bond donors (Lipinski definition) is 1. The smallest absolute Gasteiger partial charge is 0.386 e. The van der Waals surface area contributed by atoms with Crippen LogP contribution in [0.2, 0.25) is 0 Å². The molecule has 0 aliphatic heterocycles. The highest BCUT2D eigenvalue weighted by molar-refractivity contribution is 5.81. The third-order valence-electron chi connectivity index (χ3n) is 1.13. The van der Waals surface area contributed by atoms with Gasteiger partial charge in [0.15, 0.2) is 0 Å². The minimum absolute atomic E-state index is 0.0336. The molecule has 0 atom stereocenters. The number of ether oxygens (including phenoxy) is 2. The van der Waals surface area contributed by atoms with Crippen molar-refractivity contribution in [1.29, 1.82) is 0 Å². The van der Waals surface area contributed by atoms with Gasteiger partial charge in [0.1, 0.15) is 19.0 Å². The maximum absolute atomic E-state index is 11.6. The van der Waals surface area contributed by atoms with Gasteiger partial charge in [-0.1, -0.05) is 0 Å². The van der Waals surface area contributed by atoms with E-state index in [-0.39, 0.29) is 12.4 Å². The second-order valence-corrected chi connectivity index (χ2v) is 2.47. The Bertz CT molecular complexity index is 182. The van der Waals surface area contributed by atoms with E-state index in [1.807, 2.05) is 0 Å². The van der Waals surface area contributed by atoms with E-state index in [2.05, 4.69) is 14.5 Å². The number of amidine groups is 1. The number of nitrogens with zero attached hydrogens (tertiary/aromatic N) is 1. The number of aliphatic imine (C=N–C) groups is 1. The summed E-state index contributed by atoms with van der Waals surface area (Å²) in [5.74, 6) is 0.0336. The Balaban J connectivity index is 3.53. The van der Waals surface area contributed by atoms with Crippen LogP contribution in [0.1, 0.15) is 0 Å². The third kappa shape index (κ3) is 9.27. The van der Waals surface area contributed by atoms with Crippen molar-refractivity contribution < 1.29 is 22.6 Å². The summed E-state index contributed by atoms with van der Waals surface area (Å²) >= 11 is 0. The molecule has 0 unspecified atom stereocenters. The molecule has 0 radical (unpaired) electrons. The van der Waals surface area contributed by atoms with E-state index in [9.17, 15) is 13.2 Å². The summed E-state index contributed by atoms with van der Waals surface area (Å²) in [5.41, 5.74) is 5.25. The maximum Gasteiger partial charge on any atom is 0.411 e. The number of alkyl halides is 3. The van der Waals surface area contributed by atoms with E-state index in [1.165, 1.54) is 7.11 Å². The van der Waals surface area contributed by atoms with Crippen LogP contribution in [0, 0.1) is 0 Å². The molecular formula is C7H13F3N2O2. The van der Waals surface area contributed by atoms with Gasteiger partial charge in [-0.3, -0.25) is 4.99 Å². The summed E-state index contributed by atoms with van der Waals surface area (Å²) in [4.78, 5) is 3.71. The Hall–Kier alpha value is -0.820. The zero-order valence-corrected chi connectivity index (χ0v) is 7.80. The van der Waals surface area contributed by atoms with Gasteiger partial charge in [0.05, 0.1) is 13.2 Å². The van der Waals surface area contributed by atoms with Crippen LogP contribution in [0.3, 0.4) is 0 Å². The average molecular weight is 214 g/mol. The number of nitrogens with two attached hydrogens (primary N) is 1. The van der Waals surface area contributed by atoms with Crippen LogP contribution in [0.25, 0.3) is 0 Å². The molecular weight excluding hydrogens is 201 g/mol. The zero-order valence-electron chi connectivity index (χ0n) is 7.80. The van der Waals surface area contributed by atoms with Gasteiger partial charge in [-0.25, -0.2) is 0 Å². The van der Waals surface area contributed by atoms with Gasteiger partial charge in [0, 0.05) is 7.11 Å². The van der Waals surface area contributed by atoms with Crippen LogP contribution in [-0.2, 0) is 9.47 Å². The molecule has 84 valence electrons. The normalized spacial score (nSPS) is 13.3. The minimum atomic E-state index is -4.33. The van der Waals surface area contributed by atoms with Crippen LogP contribution >= 0.6 is 0 Å². The Morgan fingerprint density at radius 1 is 1.43 bits per heavy atom. The molecule has 0 rings (SSSR count). The number of rotatable bonds is 6. The molecule has 0 amide bonds. The van der Waals surface area contributed by atoms with Gasteiger partial charge in [0.25, 0.3) is 0 Å². The van der Waals surface area contributed by atoms with Crippen molar-refractivity contribution in [3.63, 3.8) is 0 Å². The van der Waals surface area contributed by atoms with Crippen molar-refractivity contribution in [3.8, 4) is 0 Å². The van der Waals surface area contributed by atoms with Crippen molar-refractivity contribution in [2.24, 2.45) is 10.7 Å². The molecule has 0 saturated heterocycles. The lowest BCUT2D eigenvalue weighted by Crippen LogP contribution is -2.25. The standard InChI is InChI=1S/C7H13F3N2O2/c1-13-3-2-12-6(11)4-14-5-7(8,9)10/h2-5H2,1H3,(H2,11,12). The highest BCUT2D eigenvalue weighted by Crippen LogP contribution is 2.13. The van der Waals surface area contributed by atoms with Crippen LogP contribution in [-0.4, -0.2) is 45.5 Å². The van der Waals surface area contributed by atoms with Gasteiger partial charge in [-0.15, -0.1) is 0 Å². The van der Waals surface area contributed by atoms with Crippen LogP contribution < -0.4 is 5.73 Å². The van der Waals surface area contributed by atoms with Gasteiger partial charge < -0.3 is 15.2 Å². The molecule has 0 saturated carbocycles. The zero-order chi connectivity index (χ0) is 11.0. The average Bonchev–Trinajstić information content (AvgIpc) is 2.02. The second kappa shape index (κ2) is 6.61. The van der Waals surface area contributed by atoms with E-state index in [1.54, 1.807) is 0 Å². The Morgan fingerprint density at radius 3 is 2.57 bits per heavy atom. The second-order valence-electron chi connectivity index (χ2n) is 2.47. The molecule has 0 fully saturated rings. The number of halogens is 3. The van der Waals surface area contributed by atoms with Crippen LogP contribution in [0.4, 0.5) is 13.2 Å². The van der Waals surface area contributed by atoms with Crippen molar-refractivity contribution in [3.05, 3.63) is 0 Å². The fourth-order valence-corrected chi connectivity index (χ4v) is 0.598. The molecule has 7 heteroatoms. The van der Waals surface area contributed by atoms with Crippen molar-refractivity contribution in [2.45, 2.75) is 6.18 Å². The Labute approximate surface area is 79.9 Å². The summed E-state index contributed by atoms with van der Waals surface area (Å²) in [6.07, 6.45) is -4.33. The molecule has 0 aromatic carbocycles. The summed E-state index contributed by atoms with van der Waals surface area (Å²) in [6.45, 7) is -0.936. The first-order chi connectivity index (χ1) is 6.45. The van der Waals surface area contributed by atoms with E-state index in [0.29, 0.717) is 13.2 Å². The predicted octanol–water partition coefficient (Wildman–Crippen LogP) is 0.569. The van der Waals surface area contributed by atoms with E-state index < -0.39 is 12.8 Å². The van der Waals surface area contributed by atoms with E-state index in [0.717, 1.165) is 0 Å². The van der Waals surface area contributed by atoms with Crippen molar-refractivity contribution in [1.82, 2.24) is 0 Å². The first-order valence-corrected chi connectivity index (χ1v) is 3.88. The topological polar surface area (TPSA) is 56.8 Å². The van der Waals surface area contributed by atoms with Gasteiger partial charge in [-0.2, -0.15) is 13.2 Å². The molecule has 14 heavy (non-hydrogen) atoms. The van der Waals surface area contributed by atoms with Crippen molar-refractivity contribution in [2.75, 3.05) is 33.5 Å². The van der Waals surface area contributed by atoms with Gasteiger partial charge in [0.2, 0.25) is 0 Å². The lowest BCUT2D eigenvalue weighted by atomic mass is 10.6. The maximum atomic E-state index is 11.6. The molecule has 0 spiro atoms. The molecule has 2 N–H and O–H groups in total. The lowest BCUT2D eigenvalue weighted by molar-refractivity contribution is -0.170. The summed E-state index contributed by atoms with van der Waals surface area (Å²) in [5, 5.41) is 0. The van der Waals surface area contributed by atoms with E-state index in [4.69, 9.17) is 5.73 Å². The third-order valence-corrected chi connectivity index (χ3v) is 1.13. The number of hydrogen-bond acceptors (Lipinski definition) is 3. The van der Waals surface area contributed by atoms with Gasteiger partial charge >= 0.3 is 6.18 Å². The molecule has 0 aromatic heterocycles. The predicted molar refractivity (Wildman–Crippen MR) is 45.2 cm³/mol. The first-order valence-electron chi connectivity index (χ1n) is 3.88. The fraction of sp³-hybridized carbons (Fsp3) is 0.857. The Kier molecular flexibility index (Phi) is 6.22. The van der Waals surface area contributed by atoms with Crippen LogP contribution in [0.5, 0.6) is 0 Å². The lowest BCUT2D eigenvalue weighted by Gasteiger charge is -2.06. The molecule has 4 nitrogen and oxygen atoms in total. The SMILES string of the molecule is COCCN=C(N)COCC(F)(F)F. The quantitative estimate of drug-likeness (QED) is 0.399. The largest absolute Gasteiger partial charge is 0.411 e. The molecule has 0 aromatic rings. The number of methoxy groups -OCH3 is 1. The highest BCUT2D eigenvalue weighted by Gasteiger charge is 2.27. The molecule has 0 aliphatic rings.